The topological polar surface area (TPSA) is 106 Å². The molecule has 0 atom stereocenters. The minimum absolute atomic E-state index is 0.0864. The number of aromatic nitrogens is 3. The van der Waals surface area contributed by atoms with Gasteiger partial charge in [-0.15, -0.1) is 5.10 Å². The minimum Gasteiger partial charge on any atom is -0.495 e. The number of anilines is 2. The zero-order valence-electron chi connectivity index (χ0n) is 10.0. The second-order valence-electron chi connectivity index (χ2n) is 3.66. The quantitative estimate of drug-likeness (QED) is 0.700. The number of benzene rings is 1. The van der Waals surface area contributed by atoms with Crippen LogP contribution in [0.4, 0.5) is 11.4 Å². The molecule has 0 aliphatic rings. The summed E-state index contributed by atoms with van der Waals surface area (Å²) in [6.07, 6.45) is 0. The highest BCUT2D eigenvalue weighted by Gasteiger charge is 2.12. The number of ether oxygens (including phenoxy) is 1. The van der Waals surface area contributed by atoms with E-state index in [1.807, 2.05) is 0 Å². The smallest absolute Gasteiger partial charge is 0.295 e. The number of carbonyl (C=O) groups excluding carboxylic acids is 1. The van der Waals surface area contributed by atoms with Crippen LogP contribution in [-0.2, 0) is 0 Å². The Kier molecular flexibility index (Phi) is 3.13. The van der Waals surface area contributed by atoms with Crippen LogP contribution in [-0.4, -0.2) is 28.2 Å². The van der Waals surface area contributed by atoms with E-state index in [4.69, 9.17) is 10.5 Å². The molecule has 1 aromatic carbocycles. The Balaban J connectivity index is 2.16. The maximum atomic E-state index is 11.8. The molecule has 0 saturated carbocycles. The van der Waals surface area contributed by atoms with E-state index in [0.29, 0.717) is 22.9 Å². The first-order chi connectivity index (χ1) is 8.60. The maximum Gasteiger partial charge on any atom is 0.295 e. The Morgan fingerprint density at radius 2 is 2.28 bits per heavy atom. The number of nitrogen functional groups attached to an aromatic ring is 1. The molecule has 4 N–H and O–H groups in total. The zero-order chi connectivity index (χ0) is 13.1. The molecule has 0 fully saturated rings. The summed E-state index contributed by atoms with van der Waals surface area (Å²) < 4.78 is 5.06. The Morgan fingerprint density at radius 3 is 2.89 bits per heavy atom. The van der Waals surface area contributed by atoms with Crippen molar-refractivity contribution in [3.63, 3.8) is 0 Å². The van der Waals surface area contributed by atoms with Crippen molar-refractivity contribution in [3.05, 3.63) is 29.8 Å². The standard InChI is InChI=1S/C11H13N5O2/c1-6-13-10(16-15-6)11(17)14-7-3-4-8(12)9(5-7)18-2/h3-5H,12H2,1-2H3,(H,14,17)(H,13,15,16). The fraction of sp³-hybridized carbons (Fsp3) is 0.182. The normalized spacial score (nSPS) is 10.1. The third kappa shape index (κ3) is 2.40. The number of nitrogens with one attached hydrogen (secondary N) is 2. The molecule has 0 aliphatic carbocycles. The minimum atomic E-state index is -0.397. The summed E-state index contributed by atoms with van der Waals surface area (Å²) in [4.78, 5) is 15.7. The number of H-pyrrole nitrogens is 1. The number of methoxy groups -OCH3 is 1. The summed E-state index contributed by atoms with van der Waals surface area (Å²) in [6, 6.07) is 4.96. The molecule has 18 heavy (non-hydrogen) atoms. The Labute approximate surface area is 103 Å². The van der Waals surface area contributed by atoms with Gasteiger partial charge in [0.05, 0.1) is 12.8 Å². The van der Waals surface area contributed by atoms with Crippen molar-refractivity contribution in [2.75, 3.05) is 18.2 Å². The average Bonchev–Trinajstić information content (AvgIpc) is 2.78. The number of aromatic amines is 1. The van der Waals surface area contributed by atoms with Gasteiger partial charge in [0, 0.05) is 11.8 Å². The third-order valence-corrected chi connectivity index (χ3v) is 2.29. The van der Waals surface area contributed by atoms with Gasteiger partial charge in [-0.05, 0) is 19.1 Å². The molecule has 1 amide bonds. The molecule has 94 valence electrons. The highest BCUT2D eigenvalue weighted by molar-refractivity contribution is 6.01. The van der Waals surface area contributed by atoms with Gasteiger partial charge in [0.15, 0.2) is 0 Å². The van der Waals surface area contributed by atoms with Crippen LogP contribution in [0.2, 0.25) is 0 Å². The predicted molar refractivity (Wildman–Crippen MR) is 66.5 cm³/mol. The number of hydrogen-bond acceptors (Lipinski definition) is 5. The molecule has 0 aliphatic heterocycles. The lowest BCUT2D eigenvalue weighted by Crippen LogP contribution is -2.14. The van der Waals surface area contributed by atoms with Crippen molar-refractivity contribution in [2.24, 2.45) is 0 Å². The first-order valence-corrected chi connectivity index (χ1v) is 5.24. The fourth-order valence-corrected chi connectivity index (χ4v) is 1.42. The monoisotopic (exact) mass is 247 g/mol. The molecule has 1 aromatic heterocycles. The summed E-state index contributed by atoms with van der Waals surface area (Å²) in [7, 11) is 1.51. The highest BCUT2D eigenvalue weighted by atomic mass is 16.5. The van der Waals surface area contributed by atoms with Gasteiger partial charge in [0.2, 0.25) is 5.82 Å². The van der Waals surface area contributed by atoms with Crippen molar-refractivity contribution < 1.29 is 9.53 Å². The summed E-state index contributed by atoms with van der Waals surface area (Å²) in [5, 5.41) is 9.02. The number of nitrogens with zero attached hydrogens (tertiary/aromatic N) is 2. The van der Waals surface area contributed by atoms with E-state index in [0.717, 1.165) is 0 Å². The summed E-state index contributed by atoms with van der Waals surface area (Å²) in [5.74, 6) is 0.767. The van der Waals surface area contributed by atoms with E-state index >= 15 is 0 Å². The summed E-state index contributed by atoms with van der Waals surface area (Å²) >= 11 is 0. The van der Waals surface area contributed by atoms with Crippen molar-refractivity contribution >= 4 is 17.3 Å². The fourth-order valence-electron chi connectivity index (χ4n) is 1.42. The molecule has 7 heteroatoms. The summed E-state index contributed by atoms with van der Waals surface area (Å²) in [6.45, 7) is 1.72. The number of aryl methyl sites for hydroxylation is 1. The molecule has 0 saturated heterocycles. The predicted octanol–water partition coefficient (Wildman–Crippen LogP) is 0.956. The van der Waals surface area contributed by atoms with Gasteiger partial charge in [-0.3, -0.25) is 9.89 Å². The van der Waals surface area contributed by atoms with E-state index in [1.165, 1.54) is 7.11 Å². The van der Waals surface area contributed by atoms with E-state index < -0.39 is 5.91 Å². The number of nitrogens with two attached hydrogens (primary N) is 1. The van der Waals surface area contributed by atoms with E-state index in [-0.39, 0.29) is 5.82 Å². The molecule has 0 bridgehead atoms. The molecule has 2 aromatic rings. The lowest BCUT2D eigenvalue weighted by Gasteiger charge is -2.07. The van der Waals surface area contributed by atoms with Crippen LogP contribution in [0.1, 0.15) is 16.4 Å². The number of amides is 1. The Bertz CT molecular complexity index is 579. The SMILES string of the molecule is COc1cc(NC(=O)c2n[nH]c(C)n2)ccc1N. The van der Waals surface area contributed by atoms with Crippen LogP contribution in [0, 0.1) is 6.92 Å². The van der Waals surface area contributed by atoms with E-state index in [2.05, 4.69) is 20.5 Å². The molecular weight excluding hydrogens is 234 g/mol. The molecule has 1 heterocycles. The first kappa shape index (κ1) is 11.9. The van der Waals surface area contributed by atoms with Crippen molar-refractivity contribution in [1.82, 2.24) is 15.2 Å². The Hall–Kier alpha value is -2.57. The molecular formula is C11H13N5O2. The number of hydrogen-bond donors (Lipinski definition) is 3. The van der Waals surface area contributed by atoms with Gasteiger partial charge in [0.25, 0.3) is 5.91 Å². The maximum absolute atomic E-state index is 11.8. The van der Waals surface area contributed by atoms with Gasteiger partial charge >= 0.3 is 0 Å². The van der Waals surface area contributed by atoms with Gasteiger partial charge in [-0.1, -0.05) is 0 Å². The molecule has 2 rings (SSSR count). The average molecular weight is 247 g/mol. The van der Waals surface area contributed by atoms with Crippen LogP contribution >= 0.6 is 0 Å². The zero-order valence-corrected chi connectivity index (χ0v) is 10.0. The van der Waals surface area contributed by atoms with Crippen LogP contribution < -0.4 is 15.8 Å². The van der Waals surface area contributed by atoms with E-state index in [1.54, 1.807) is 25.1 Å². The van der Waals surface area contributed by atoms with Crippen molar-refractivity contribution in [1.29, 1.82) is 0 Å². The number of rotatable bonds is 3. The van der Waals surface area contributed by atoms with Crippen molar-refractivity contribution in [2.45, 2.75) is 6.92 Å². The molecule has 0 spiro atoms. The van der Waals surface area contributed by atoms with Crippen LogP contribution in [0.25, 0.3) is 0 Å². The molecule has 0 radical (unpaired) electrons. The lowest BCUT2D eigenvalue weighted by atomic mass is 10.2. The van der Waals surface area contributed by atoms with Gasteiger partial charge in [-0.2, -0.15) is 0 Å². The van der Waals surface area contributed by atoms with Crippen LogP contribution in [0.5, 0.6) is 5.75 Å². The van der Waals surface area contributed by atoms with Gasteiger partial charge in [-0.25, -0.2) is 4.98 Å². The second-order valence-corrected chi connectivity index (χ2v) is 3.66. The largest absolute Gasteiger partial charge is 0.495 e. The second kappa shape index (κ2) is 4.74. The lowest BCUT2D eigenvalue weighted by molar-refractivity contribution is 0.101. The van der Waals surface area contributed by atoms with E-state index in [9.17, 15) is 4.79 Å². The highest BCUT2D eigenvalue weighted by Crippen LogP contribution is 2.25. The van der Waals surface area contributed by atoms with Crippen LogP contribution in [0.15, 0.2) is 18.2 Å². The van der Waals surface area contributed by atoms with Crippen molar-refractivity contribution in [3.8, 4) is 5.75 Å². The Morgan fingerprint density at radius 1 is 1.50 bits per heavy atom. The first-order valence-electron chi connectivity index (χ1n) is 5.24. The molecule has 7 nitrogen and oxygen atoms in total. The number of carbonyl (C=O) groups is 1. The molecule has 0 unspecified atom stereocenters. The van der Waals surface area contributed by atoms with Gasteiger partial charge in [0.1, 0.15) is 11.6 Å². The third-order valence-electron chi connectivity index (χ3n) is 2.29. The van der Waals surface area contributed by atoms with Gasteiger partial charge < -0.3 is 15.8 Å². The summed E-state index contributed by atoms with van der Waals surface area (Å²) in [5.41, 5.74) is 6.75. The van der Waals surface area contributed by atoms with Crippen LogP contribution in [0.3, 0.4) is 0 Å².